The molecule has 2 amide bonds. The van der Waals surface area contributed by atoms with Crippen LogP contribution in [0.3, 0.4) is 0 Å². The molecule has 116 valence electrons. The van der Waals surface area contributed by atoms with Crippen LogP contribution in [-0.4, -0.2) is 29.8 Å². The number of nitrogens with zero attached hydrogens (tertiary/aromatic N) is 1. The van der Waals surface area contributed by atoms with Gasteiger partial charge in [0.25, 0.3) is 0 Å². The van der Waals surface area contributed by atoms with E-state index < -0.39 is 0 Å². The Hall–Kier alpha value is -1.84. The van der Waals surface area contributed by atoms with Crippen LogP contribution >= 0.6 is 0 Å². The van der Waals surface area contributed by atoms with Crippen molar-refractivity contribution in [3.05, 3.63) is 35.9 Å². The summed E-state index contributed by atoms with van der Waals surface area (Å²) in [6, 6.07) is 9.83. The van der Waals surface area contributed by atoms with Crippen molar-refractivity contribution in [3.63, 3.8) is 0 Å². The Bertz CT molecular complexity index is 432. The van der Waals surface area contributed by atoms with E-state index in [1.165, 1.54) is 0 Å². The van der Waals surface area contributed by atoms with Crippen LogP contribution in [0.25, 0.3) is 0 Å². The molecule has 0 saturated heterocycles. The van der Waals surface area contributed by atoms with Gasteiger partial charge in [-0.15, -0.1) is 0 Å². The van der Waals surface area contributed by atoms with Crippen LogP contribution in [0.4, 0.5) is 0 Å². The van der Waals surface area contributed by atoms with Gasteiger partial charge in [-0.25, -0.2) is 0 Å². The summed E-state index contributed by atoms with van der Waals surface area (Å²) in [6.07, 6.45) is 3.13. The molecular formula is C17H26N2O2. The van der Waals surface area contributed by atoms with Crippen molar-refractivity contribution in [3.8, 4) is 0 Å². The molecule has 0 radical (unpaired) electrons. The second-order valence-corrected chi connectivity index (χ2v) is 5.13. The number of rotatable bonds is 9. The van der Waals surface area contributed by atoms with Crippen molar-refractivity contribution in [2.45, 2.75) is 46.1 Å². The molecule has 4 heteroatoms. The number of hydrogen-bond acceptors (Lipinski definition) is 2. The van der Waals surface area contributed by atoms with Crippen molar-refractivity contribution in [1.29, 1.82) is 0 Å². The minimum atomic E-state index is -0.178. The Labute approximate surface area is 127 Å². The molecule has 4 nitrogen and oxygen atoms in total. The fourth-order valence-corrected chi connectivity index (χ4v) is 2.09. The molecule has 0 heterocycles. The summed E-state index contributed by atoms with van der Waals surface area (Å²) >= 11 is 0. The Kier molecular flexibility index (Phi) is 8.17. The smallest absolute Gasteiger partial charge is 0.232 e. The van der Waals surface area contributed by atoms with Crippen LogP contribution in [0, 0.1) is 0 Å². The average Bonchev–Trinajstić information content (AvgIpc) is 2.50. The largest absolute Gasteiger partial charge is 0.356 e. The summed E-state index contributed by atoms with van der Waals surface area (Å²) in [5.41, 5.74) is 1.08. The first kappa shape index (κ1) is 17.2. The molecule has 0 aliphatic rings. The normalized spacial score (nSPS) is 10.2. The van der Waals surface area contributed by atoms with Crippen molar-refractivity contribution < 1.29 is 9.59 Å². The molecule has 0 saturated carbocycles. The predicted molar refractivity (Wildman–Crippen MR) is 84.7 cm³/mol. The highest BCUT2D eigenvalue weighted by Crippen LogP contribution is 2.06. The van der Waals surface area contributed by atoms with E-state index in [2.05, 4.69) is 12.2 Å². The summed E-state index contributed by atoms with van der Waals surface area (Å²) in [7, 11) is 0. The lowest BCUT2D eigenvalue weighted by Crippen LogP contribution is -2.35. The number of unbranched alkanes of at least 4 members (excludes halogenated alkanes) is 2. The van der Waals surface area contributed by atoms with Gasteiger partial charge in [0, 0.05) is 19.6 Å². The highest BCUT2D eigenvalue weighted by atomic mass is 16.2. The third-order valence-electron chi connectivity index (χ3n) is 3.36. The first-order valence-electron chi connectivity index (χ1n) is 7.75. The van der Waals surface area contributed by atoms with Gasteiger partial charge in [0.1, 0.15) is 6.42 Å². The maximum absolute atomic E-state index is 12.1. The van der Waals surface area contributed by atoms with E-state index in [0.717, 1.165) is 24.8 Å². The number of carbonyl (C=O) groups is 2. The molecular weight excluding hydrogens is 264 g/mol. The monoisotopic (exact) mass is 290 g/mol. The van der Waals surface area contributed by atoms with Gasteiger partial charge >= 0.3 is 0 Å². The minimum Gasteiger partial charge on any atom is -0.356 e. The van der Waals surface area contributed by atoms with Crippen LogP contribution < -0.4 is 5.32 Å². The Balaban J connectivity index is 2.39. The van der Waals surface area contributed by atoms with Gasteiger partial charge in [-0.1, -0.05) is 50.1 Å². The van der Waals surface area contributed by atoms with E-state index in [4.69, 9.17) is 0 Å². The third kappa shape index (κ3) is 6.93. The van der Waals surface area contributed by atoms with Crippen LogP contribution in [-0.2, 0) is 16.1 Å². The zero-order valence-electron chi connectivity index (χ0n) is 13.1. The van der Waals surface area contributed by atoms with Gasteiger partial charge in [0.2, 0.25) is 11.8 Å². The molecule has 0 fully saturated rings. The van der Waals surface area contributed by atoms with E-state index >= 15 is 0 Å². The molecule has 0 atom stereocenters. The van der Waals surface area contributed by atoms with E-state index in [0.29, 0.717) is 19.6 Å². The second kappa shape index (κ2) is 9.97. The molecule has 21 heavy (non-hydrogen) atoms. The van der Waals surface area contributed by atoms with Crippen molar-refractivity contribution >= 4 is 11.8 Å². The zero-order valence-corrected chi connectivity index (χ0v) is 13.1. The number of benzene rings is 1. The van der Waals surface area contributed by atoms with Crippen molar-refractivity contribution in [2.75, 3.05) is 13.1 Å². The van der Waals surface area contributed by atoms with Gasteiger partial charge < -0.3 is 10.2 Å². The summed E-state index contributed by atoms with van der Waals surface area (Å²) in [5, 5.41) is 2.80. The Morgan fingerprint density at radius 3 is 2.43 bits per heavy atom. The maximum atomic E-state index is 12.1. The summed E-state index contributed by atoms with van der Waals surface area (Å²) in [4.78, 5) is 25.6. The van der Waals surface area contributed by atoms with Crippen molar-refractivity contribution in [1.82, 2.24) is 10.2 Å². The topological polar surface area (TPSA) is 49.4 Å². The van der Waals surface area contributed by atoms with E-state index in [9.17, 15) is 9.59 Å². The summed E-state index contributed by atoms with van der Waals surface area (Å²) in [5.74, 6) is -0.294. The second-order valence-electron chi connectivity index (χ2n) is 5.13. The fraction of sp³-hybridized carbons (Fsp3) is 0.529. The molecule has 0 aromatic heterocycles. The lowest BCUT2D eigenvalue weighted by atomic mass is 10.2. The van der Waals surface area contributed by atoms with Gasteiger partial charge in [-0.2, -0.15) is 0 Å². The van der Waals surface area contributed by atoms with Gasteiger partial charge in [-0.3, -0.25) is 9.59 Å². The molecule has 1 rings (SSSR count). The number of carbonyl (C=O) groups excluding carboxylic acids is 2. The lowest BCUT2D eigenvalue weighted by Gasteiger charge is -2.20. The molecule has 0 aliphatic carbocycles. The molecule has 1 aromatic rings. The number of amides is 2. The fourth-order valence-electron chi connectivity index (χ4n) is 2.09. The molecule has 0 aliphatic heterocycles. The van der Waals surface area contributed by atoms with E-state index in [1.807, 2.05) is 37.3 Å². The predicted octanol–water partition coefficient (Wildman–Crippen LogP) is 2.73. The quantitative estimate of drug-likeness (QED) is 0.561. The molecule has 1 N–H and O–H groups in total. The highest BCUT2D eigenvalue weighted by Gasteiger charge is 2.15. The maximum Gasteiger partial charge on any atom is 0.232 e. The SMILES string of the molecule is CCCCCNC(=O)CC(=O)N(CC)Cc1ccccc1. The first-order valence-corrected chi connectivity index (χ1v) is 7.75. The molecule has 1 aromatic carbocycles. The zero-order chi connectivity index (χ0) is 15.5. The highest BCUT2D eigenvalue weighted by molar-refractivity contribution is 5.96. The van der Waals surface area contributed by atoms with Crippen LogP contribution in [0.1, 0.15) is 45.1 Å². The Morgan fingerprint density at radius 2 is 1.81 bits per heavy atom. The number of hydrogen-bond donors (Lipinski definition) is 1. The van der Waals surface area contributed by atoms with Gasteiger partial charge in [-0.05, 0) is 18.9 Å². The third-order valence-corrected chi connectivity index (χ3v) is 3.36. The molecule has 0 bridgehead atoms. The first-order chi connectivity index (χ1) is 10.2. The molecule has 0 spiro atoms. The van der Waals surface area contributed by atoms with Crippen LogP contribution in [0.15, 0.2) is 30.3 Å². The summed E-state index contributed by atoms with van der Waals surface area (Å²) in [6.45, 7) is 5.87. The summed E-state index contributed by atoms with van der Waals surface area (Å²) < 4.78 is 0. The lowest BCUT2D eigenvalue weighted by molar-refractivity contribution is -0.136. The van der Waals surface area contributed by atoms with Crippen LogP contribution in [0.2, 0.25) is 0 Å². The van der Waals surface area contributed by atoms with Crippen molar-refractivity contribution in [2.24, 2.45) is 0 Å². The standard InChI is InChI=1S/C17H26N2O2/c1-3-5-9-12-18-16(20)13-17(21)19(4-2)14-15-10-7-6-8-11-15/h6-8,10-11H,3-5,9,12-14H2,1-2H3,(H,18,20). The molecule has 0 unspecified atom stereocenters. The number of nitrogens with one attached hydrogen (secondary N) is 1. The van der Waals surface area contributed by atoms with Crippen LogP contribution in [0.5, 0.6) is 0 Å². The minimum absolute atomic E-state index is 0.0627. The van der Waals surface area contributed by atoms with E-state index in [-0.39, 0.29) is 18.2 Å². The Morgan fingerprint density at radius 1 is 1.10 bits per heavy atom. The van der Waals surface area contributed by atoms with Gasteiger partial charge in [0.15, 0.2) is 0 Å². The van der Waals surface area contributed by atoms with E-state index in [1.54, 1.807) is 4.90 Å². The van der Waals surface area contributed by atoms with Gasteiger partial charge in [0.05, 0.1) is 0 Å². The average molecular weight is 290 g/mol.